The first-order chi connectivity index (χ1) is 71.0. The first-order valence-electron chi connectivity index (χ1n) is 51.7. The van der Waals surface area contributed by atoms with Gasteiger partial charge in [-0.2, -0.15) is 0 Å². The molecule has 6 saturated heterocycles. The Balaban J connectivity index is 0.0000000971. The van der Waals surface area contributed by atoms with Crippen molar-refractivity contribution >= 4 is 133 Å². The van der Waals surface area contributed by atoms with E-state index in [0.29, 0.717) is 143 Å². The monoisotopic (exact) mass is 2130 g/mol. The van der Waals surface area contributed by atoms with Crippen LogP contribution in [0.5, 0.6) is 0 Å². The van der Waals surface area contributed by atoms with E-state index in [4.69, 9.17) is 120 Å². The van der Waals surface area contributed by atoms with Crippen molar-refractivity contribution in [3.63, 3.8) is 0 Å². The van der Waals surface area contributed by atoms with Crippen LogP contribution in [0.3, 0.4) is 0 Å². The van der Waals surface area contributed by atoms with Crippen LogP contribution in [0.25, 0.3) is 44.7 Å². The summed E-state index contributed by atoms with van der Waals surface area (Å²) in [6.07, 6.45) is 28.4. The number of nitrogen functional groups attached to an aromatic ring is 2. The van der Waals surface area contributed by atoms with Crippen LogP contribution in [-0.4, -0.2) is 259 Å². The molecule has 12 saturated carbocycles. The van der Waals surface area contributed by atoms with Crippen molar-refractivity contribution < 1.29 is 81.4 Å². The SMILES string of the molecule is CC1(C)OC2[C@H](O1)[C@@H](CO)[C@@H]1C[C@@]21n1cnc2c(N)ncnc21.CC1(C)O[C@@H]2[C@@H](CO)[C@@H]3C[C@@]3(n3cnc4c(NC(=O)c5ccccc5)ncnc43)[C@@H]2O1.CC[C@@H]1[C@H]2OC(C)(C)OC2[C@]2(N)C[C@@H]12.CC[C@@H]1[C@H]2OC(C)(C)OC2[C@]2(Nc3ncnc(Cl)c3CC=O)C[C@@H]12.CC[C@@H]1[C@H]2OC(C)(C)OC2[C@]2(n3cnc4c(Cl)ncnc43)C[C@@H]12.CC[C@@H]1[C@H]2OC(C)(C)OC2[C@]2(n3cnc4c(N)ncnc43)C[C@@H]12.O=CCc1c(Cl)ncnc1Cl. The van der Waals surface area contributed by atoms with Crippen LogP contribution in [0.1, 0.15) is 196 Å². The highest BCUT2D eigenvalue weighted by Crippen LogP contribution is 2.74. The molecular weight excluding hydrogens is 2000 g/mol. The lowest BCUT2D eigenvalue weighted by molar-refractivity contribution is -0.163. The summed E-state index contributed by atoms with van der Waals surface area (Å²) in [4.78, 5) is 101. The van der Waals surface area contributed by atoms with E-state index >= 15 is 0 Å². The highest BCUT2D eigenvalue weighted by atomic mass is 35.5. The number of carbonyl (C=O) groups excluding carboxylic acids is 3. The normalized spacial score (nSPS) is 37.8. The zero-order chi connectivity index (χ0) is 105. The summed E-state index contributed by atoms with van der Waals surface area (Å²) in [6.45, 7) is 32.5. The molecule has 12 aliphatic carbocycles. The highest BCUT2D eigenvalue weighted by molar-refractivity contribution is 6.35. The molecule has 794 valence electrons. The molecule has 1 amide bonds. The lowest BCUT2D eigenvalue weighted by Gasteiger charge is -2.26. The fourth-order valence-electron chi connectivity index (χ4n) is 28.7. The Morgan fingerprint density at radius 3 is 1.13 bits per heavy atom. The second-order valence-electron chi connectivity index (χ2n) is 45.8. The van der Waals surface area contributed by atoms with E-state index in [1.165, 1.54) is 38.0 Å². The Kier molecular flexibility index (Phi) is 25.1. The maximum Gasteiger partial charge on any atom is 0.256 e. The van der Waals surface area contributed by atoms with Gasteiger partial charge in [0.1, 0.15) is 125 Å². The molecule has 16 heterocycles. The largest absolute Gasteiger partial charge is 0.396 e. The van der Waals surface area contributed by atoms with E-state index in [1.807, 2.05) is 119 Å². The second kappa shape index (κ2) is 36.5. The molecule has 10 aromatic heterocycles. The number of aldehydes is 2. The van der Waals surface area contributed by atoms with Crippen molar-refractivity contribution in [2.24, 2.45) is 76.7 Å². The van der Waals surface area contributed by atoms with E-state index in [-0.39, 0.29) is 167 Å². The zero-order valence-electron chi connectivity index (χ0n) is 85.8. The van der Waals surface area contributed by atoms with Crippen LogP contribution in [-0.2, 0) is 101 Å². The van der Waals surface area contributed by atoms with Crippen molar-refractivity contribution in [2.45, 2.75) is 329 Å². The summed E-state index contributed by atoms with van der Waals surface area (Å²) in [5, 5.41) is 27.5. The van der Waals surface area contributed by atoms with Gasteiger partial charge >= 0.3 is 0 Å². The van der Waals surface area contributed by atoms with Gasteiger partial charge in [-0.25, -0.2) is 79.7 Å². The van der Waals surface area contributed by atoms with Gasteiger partial charge in [0.05, 0.1) is 89.6 Å². The third kappa shape index (κ3) is 16.5. The molecule has 0 radical (unpaired) electrons. The maximum atomic E-state index is 12.6. The van der Waals surface area contributed by atoms with Crippen LogP contribution < -0.4 is 27.8 Å². The lowest BCUT2D eigenvalue weighted by atomic mass is 9.97. The van der Waals surface area contributed by atoms with E-state index in [9.17, 15) is 24.6 Å². The number of aromatic nitrogens is 20. The zero-order valence-corrected chi connectivity index (χ0v) is 88.8. The molecule has 6 aliphatic heterocycles. The number of fused-ring (bicyclic) bond motifs is 22. The molecule has 18 fully saturated rings. The summed E-state index contributed by atoms with van der Waals surface area (Å²) >= 11 is 23.6. The minimum atomic E-state index is -0.705. The first-order valence-corrected chi connectivity index (χ1v) is 53.2. The molecule has 46 heteroatoms. The van der Waals surface area contributed by atoms with Crippen LogP contribution in [0, 0.1) is 71.0 Å². The van der Waals surface area contributed by atoms with Crippen molar-refractivity contribution in [2.75, 3.05) is 35.3 Å². The number of aliphatic hydroxyl groups is 2. The molecule has 149 heavy (non-hydrogen) atoms. The van der Waals surface area contributed by atoms with E-state index in [1.54, 1.807) is 24.8 Å². The number of nitrogens with one attached hydrogen (secondary N) is 2. The smallest absolute Gasteiger partial charge is 0.256 e. The molecule has 11 aromatic rings. The van der Waals surface area contributed by atoms with E-state index in [2.05, 4.69) is 132 Å². The Bertz CT molecular complexity index is 6710. The third-order valence-electron chi connectivity index (χ3n) is 35.1. The Hall–Kier alpha value is -9.65. The molecule has 0 spiro atoms. The van der Waals surface area contributed by atoms with E-state index in [0.717, 1.165) is 81.8 Å². The topological polar surface area (TPSA) is 531 Å². The van der Waals surface area contributed by atoms with Gasteiger partial charge in [0.2, 0.25) is 0 Å². The average molecular weight is 2130 g/mol. The molecule has 18 aliphatic rings. The number of nitrogens with zero attached hydrogens (tertiary/aromatic N) is 20. The van der Waals surface area contributed by atoms with Crippen LogP contribution >= 0.6 is 46.4 Å². The minimum Gasteiger partial charge on any atom is -0.396 e. The number of ether oxygens (including phenoxy) is 12. The maximum absolute atomic E-state index is 12.6. The Morgan fingerprint density at radius 1 is 0.369 bits per heavy atom. The molecular formula is C103H127Cl4N25O17. The standard InChI is InChI=1S/C22H23N5O4.C17H22ClN3O3.C16H19ClN4O2.C16H21N5O2.C15H19N5O3.C11H19NO2.C6H4Cl2N2O/c1-21(2)30-16-13(9-28)14-8-22(14,17(16)31-21)27-11-25-15-18(23-10-24-19(15)27)26-20(29)12-6-4-3-5-7-12;1-4-9-11-7-17(11,13-12(9)23-16(2,3)24-13)21-15-10(5-6-22)14(18)19-8-20-15;2*1-4-8-9-5-16(9,12-11(8)22-15(2,3)23-12)21-7-20-10-13(17)18-6-19-14(10)21;1-14(2)22-10-7(4-21)8-3-15(8,11(10)23-14)20-6-19-9-12(16)17-5-18-13(9)20;1-4-6-7-5-11(7,12)9-8(6)13-10(2,3)14-9;7-5-4(1-2-11)6(8)10-3-9-5/h3-7,10-11,13-14,16-17,28H,8-9H2,1-2H3,(H,23,24,26,29);6,8-9,11-13H,4-5,7H2,1-3H3,(H,19,20,21);6-9,11-12H,4-5H2,1-3H3;6-9,11-12H,4-5H2,1-3H3,(H2,17,18,19);5-8,10-11,21H,3-4H2,1-2H3,(H2,16,17,18);6-9H,4-5,12H2,1-3H3;2-3H,1H2/t13-,14-,16+,17+,22-;9-,11-,12+,13?,17-;2*8-,9-,11+,12?,16-;7-,8-,10+,11?,15-;6-,7-,8+,9?,11-;/m000000./s1. The van der Waals surface area contributed by atoms with E-state index < -0.39 is 34.7 Å². The molecule has 1 aromatic carbocycles. The van der Waals surface area contributed by atoms with Crippen molar-refractivity contribution in [3.8, 4) is 0 Å². The number of aliphatic hydroxyl groups excluding tert-OH is 2. The summed E-state index contributed by atoms with van der Waals surface area (Å²) in [5.74, 6) is 3.06. The van der Waals surface area contributed by atoms with Gasteiger partial charge in [0.15, 0.2) is 85.4 Å². The molecule has 10 N–H and O–H groups in total. The molecule has 29 rings (SSSR count). The van der Waals surface area contributed by atoms with Gasteiger partial charge in [-0.1, -0.05) is 118 Å². The predicted octanol–water partition coefficient (Wildman–Crippen LogP) is 12.0. The lowest BCUT2D eigenvalue weighted by Crippen LogP contribution is -2.40. The van der Waals surface area contributed by atoms with Gasteiger partial charge < -0.3 is 123 Å². The quantitative estimate of drug-likeness (QED) is 0.0310. The Labute approximate surface area is 879 Å². The number of carbonyl (C=O) groups is 3. The summed E-state index contributed by atoms with van der Waals surface area (Å²) < 4.78 is 82.5. The Morgan fingerprint density at radius 2 is 0.691 bits per heavy atom. The highest BCUT2D eigenvalue weighted by Gasteiger charge is 2.82. The minimum absolute atomic E-state index is 0.00307. The average Bonchev–Trinajstić information content (AvgIpc) is 1.49. The number of imidazole rings is 4. The van der Waals surface area contributed by atoms with Gasteiger partial charge in [0.25, 0.3) is 5.91 Å². The molecule has 42 nitrogen and oxygen atoms in total. The van der Waals surface area contributed by atoms with Crippen LogP contribution in [0.2, 0.25) is 20.6 Å². The molecule has 0 bridgehead atoms. The number of rotatable bonds is 18. The van der Waals surface area contributed by atoms with Crippen molar-refractivity contribution in [1.29, 1.82) is 0 Å². The fraction of sp³-hybridized carbons (Fsp3) is 0.641. The number of benzene rings is 1. The first kappa shape index (κ1) is 102. The predicted molar refractivity (Wildman–Crippen MR) is 541 cm³/mol. The van der Waals surface area contributed by atoms with Crippen molar-refractivity contribution in [3.05, 3.63) is 131 Å². The number of nitrogens with two attached hydrogens (primary N) is 3. The van der Waals surface area contributed by atoms with Gasteiger partial charge in [0, 0.05) is 60.1 Å². The summed E-state index contributed by atoms with van der Waals surface area (Å²) in [5.41, 5.74) is 24.1. The second-order valence-corrected chi connectivity index (χ2v) is 47.2. The van der Waals surface area contributed by atoms with Gasteiger partial charge in [-0.15, -0.1) is 0 Å². The van der Waals surface area contributed by atoms with Gasteiger partial charge in [-0.05, 0) is 193 Å². The number of halogens is 4. The number of anilines is 4. The molecule has 30 atom stereocenters. The summed E-state index contributed by atoms with van der Waals surface area (Å²) in [6, 6.07) is 8.97. The van der Waals surface area contributed by atoms with Crippen LogP contribution in [0.4, 0.5) is 23.3 Å². The molecule has 5 unspecified atom stereocenters. The number of amides is 1. The number of hydrogen-bond donors (Lipinski definition) is 7. The summed E-state index contributed by atoms with van der Waals surface area (Å²) in [7, 11) is 0. The third-order valence-corrected chi connectivity index (χ3v) is 36.3. The van der Waals surface area contributed by atoms with Gasteiger partial charge in [-0.3, -0.25) is 4.79 Å². The van der Waals surface area contributed by atoms with Crippen LogP contribution in [0.15, 0.2) is 93.6 Å². The fourth-order valence-corrected chi connectivity index (χ4v) is 29.6. The number of hydrogen-bond acceptors (Lipinski definition) is 37. The van der Waals surface area contributed by atoms with Crippen molar-refractivity contribution in [1.82, 2.24) is 98.0 Å².